The molecule has 0 heterocycles. The molecular weight excluding hydrogens is 1310 g/mol. The summed E-state index contributed by atoms with van der Waals surface area (Å²) in [5.74, 6) is -1.48. The highest BCUT2D eigenvalue weighted by Crippen LogP contribution is 2.09. The molecule has 0 spiro atoms. The Hall–Kier alpha value is -6.66. The second-order valence-corrected chi connectivity index (χ2v) is 24.6. The number of carbonyl (C=O) groups is 12. The molecule has 8 amide bonds. The molecule has 35 heteroatoms. The first-order chi connectivity index (χ1) is 48.7. The molecule has 0 fully saturated rings. The summed E-state index contributed by atoms with van der Waals surface area (Å²) < 4.78 is 0. The summed E-state index contributed by atoms with van der Waals surface area (Å²) in [5, 5.41) is 34.5. The lowest BCUT2D eigenvalue weighted by Gasteiger charge is -2.28. The molecular formula is C66H131N23O12. The lowest BCUT2D eigenvalue weighted by Crippen LogP contribution is -2.42. The Kier molecular flexibility index (Phi) is 64.7. The van der Waals surface area contributed by atoms with E-state index in [9.17, 15) is 57.5 Å². The summed E-state index contributed by atoms with van der Waals surface area (Å²) in [7, 11) is 0. The number of Topliss-reactive ketones (excluding diaryl/α,β-unsaturated/α-hetero) is 4. The maximum absolute atomic E-state index is 13.8. The summed E-state index contributed by atoms with van der Waals surface area (Å²) in [4.78, 5) is 167. The molecule has 0 saturated heterocycles. The smallest absolute Gasteiger partial charge is 0.221 e. The van der Waals surface area contributed by atoms with E-state index in [1.807, 2.05) is 36.3 Å². The van der Waals surface area contributed by atoms with Gasteiger partial charge < -0.3 is 112 Å². The van der Waals surface area contributed by atoms with Gasteiger partial charge in [-0.2, -0.15) is 0 Å². The number of nitrogens with one attached hydrogen (secondary N) is 8. The van der Waals surface area contributed by atoms with Crippen LogP contribution in [0.25, 0.3) is 0 Å². The van der Waals surface area contributed by atoms with Gasteiger partial charge in [-0.15, -0.1) is 0 Å². The van der Waals surface area contributed by atoms with Crippen LogP contribution in [0.2, 0.25) is 0 Å². The van der Waals surface area contributed by atoms with Crippen molar-refractivity contribution in [2.45, 2.75) is 135 Å². The average molecular weight is 1440 g/mol. The fraction of sp³-hybridized carbons (Fsp3) is 0.818. The third-order valence-electron chi connectivity index (χ3n) is 16.1. The van der Waals surface area contributed by atoms with Gasteiger partial charge in [0, 0.05) is 310 Å². The molecule has 0 aromatic heterocycles. The summed E-state index contributed by atoms with van der Waals surface area (Å²) in [6.07, 6.45) is 5.52. The van der Waals surface area contributed by atoms with Crippen molar-refractivity contribution in [1.82, 2.24) is 71.9 Å². The summed E-state index contributed by atoms with van der Waals surface area (Å²) in [5.41, 5.74) is 39.1. The molecule has 0 radical (unpaired) electrons. The first kappa shape index (κ1) is 96.4. The molecule has 0 aliphatic carbocycles. The van der Waals surface area contributed by atoms with Crippen molar-refractivity contribution >= 4 is 70.4 Å². The normalized spacial score (nSPS) is 11.2. The Labute approximate surface area is 599 Å². The van der Waals surface area contributed by atoms with E-state index in [2.05, 4.69) is 42.5 Å². The van der Waals surface area contributed by atoms with Crippen LogP contribution in [0.5, 0.6) is 0 Å². The van der Waals surface area contributed by atoms with E-state index in [1.54, 1.807) is 0 Å². The molecule has 0 unspecified atom stereocenters. The standard InChI is InChI=1S/C66H131N21O12.N2/c1-2-6-55(88)10-40-84(46-17-62(95)77-32-26-71)51-35-80-65(98)20-49-86(41-12-57(90)8-4-37-82(39-11-56(89)7-3-22-67)43-14-59(92)74-29-23-68)53-54-87(42-13-58(91)9-5-38-83(44-15-60(93)75-30-24-69)45-16-61(94)76-31-25-70)50-21-66(99)81-36-52-85(47-18-63(96)78-33-27-72)48-19-64(97)79-34-28-73;1-2/h2-54,67-73H2,1H3,(H,74,92)(H,75,93)(H,76,94)(H,77,95)(H,78,96)(H,79,97)(H,80,98)(H,81,99);. The maximum Gasteiger partial charge on any atom is 0.221 e. The maximum atomic E-state index is 13.8. The first-order valence-corrected chi connectivity index (χ1v) is 36.4. The van der Waals surface area contributed by atoms with E-state index in [-0.39, 0.29) is 206 Å². The van der Waals surface area contributed by atoms with Gasteiger partial charge in [-0.05, 0) is 45.3 Å². The van der Waals surface area contributed by atoms with Crippen molar-refractivity contribution < 1.29 is 57.5 Å². The van der Waals surface area contributed by atoms with E-state index in [1.165, 1.54) is 0 Å². The van der Waals surface area contributed by atoms with Gasteiger partial charge in [0.15, 0.2) is 0 Å². The van der Waals surface area contributed by atoms with Crippen LogP contribution >= 0.6 is 0 Å². The number of nitrogens with zero attached hydrogens (tertiary/aromatic N) is 8. The first-order valence-electron chi connectivity index (χ1n) is 36.4. The fourth-order valence-corrected chi connectivity index (χ4v) is 10.3. The average Bonchev–Trinajstić information content (AvgIpc) is 1.17. The molecule has 35 nitrogen and oxygen atoms in total. The van der Waals surface area contributed by atoms with E-state index in [4.69, 9.17) is 50.9 Å². The van der Waals surface area contributed by atoms with Crippen molar-refractivity contribution in [2.75, 3.05) is 216 Å². The summed E-state index contributed by atoms with van der Waals surface area (Å²) in [6, 6.07) is 0. The number of amides is 8. The van der Waals surface area contributed by atoms with Crippen LogP contribution in [0, 0.1) is 10.8 Å². The van der Waals surface area contributed by atoms with Crippen molar-refractivity contribution in [1.29, 1.82) is 10.8 Å². The minimum Gasteiger partial charge on any atom is -0.355 e. The number of nitrogens with two attached hydrogens (primary N) is 7. The summed E-state index contributed by atoms with van der Waals surface area (Å²) in [6.45, 7) is 12.9. The fourth-order valence-electron chi connectivity index (χ4n) is 10.3. The summed E-state index contributed by atoms with van der Waals surface area (Å²) >= 11 is 0. The zero-order valence-electron chi connectivity index (χ0n) is 61.0. The number of ketones is 4. The lowest BCUT2D eigenvalue weighted by molar-refractivity contribution is -0.123. The molecule has 0 rings (SSSR count). The van der Waals surface area contributed by atoms with Crippen LogP contribution in [0.4, 0.5) is 0 Å². The van der Waals surface area contributed by atoms with Gasteiger partial charge >= 0.3 is 0 Å². The van der Waals surface area contributed by atoms with Crippen LogP contribution in [0.15, 0.2) is 0 Å². The largest absolute Gasteiger partial charge is 0.355 e. The van der Waals surface area contributed by atoms with Gasteiger partial charge in [0.25, 0.3) is 0 Å². The molecule has 0 aromatic carbocycles. The molecule has 0 atom stereocenters. The van der Waals surface area contributed by atoms with E-state index in [0.29, 0.717) is 202 Å². The molecule has 0 aliphatic rings. The SMILES string of the molecule is CCCC(=O)CCN(CCNC(=O)CCN(CCC(=O)CCCN(CCC(=O)CCCN)CCC(=O)NCCN)CCN(CCC(=O)CCCN(CCC(=O)NCCN)CCC(=O)NCCN)CCC(=O)NCCN(CCC(=O)NCCN)CCC(=O)NCCN)CCC(=O)NCCN.N#N. The van der Waals surface area contributed by atoms with Crippen LogP contribution in [0.3, 0.4) is 0 Å². The minimum atomic E-state index is -0.270. The molecule has 0 bridgehead atoms. The number of carbonyl (C=O) groups excluding carboxylic acids is 12. The van der Waals surface area contributed by atoms with E-state index >= 15 is 0 Å². The Balaban J connectivity index is 0. The molecule has 22 N–H and O–H groups in total. The Morgan fingerprint density at radius 2 is 0.406 bits per heavy atom. The predicted molar refractivity (Wildman–Crippen MR) is 388 cm³/mol. The van der Waals surface area contributed by atoms with Crippen molar-refractivity contribution in [2.24, 2.45) is 40.1 Å². The second kappa shape index (κ2) is 67.8. The lowest BCUT2D eigenvalue weighted by atomic mass is 10.1. The van der Waals surface area contributed by atoms with Gasteiger partial charge in [0.05, 0.1) is 0 Å². The van der Waals surface area contributed by atoms with Gasteiger partial charge in [-0.1, -0.05) is 6.92 Å². The number of rotatable bonds is 70. The van der Waals surface area contributed by atoms with Crippen molar-refractivity contribution in [3.05, 3.63) is 0 Å². The zero-order valence-corrected chi connectivity index (χ0v) is 61.0. The Morgan fingerprint density at radius 1 is 0.218 bits per heavy atom. The van der Waals surface area contributed by atoms with E-state index < -0.39 is 0 Å². The van der Waals surface area contributed by atoms with E-state index in [0.717, 1.165) is 6.42 Å². The topological polar surface area (TPSA) is 550 Å². The highest BCUT2D eigenvalue weighted by Gasteiger charge is 2.20. The van der Waals surface area contributed by atoms with Gasteiger partial charge in [0.1, 0.15) is 23.1 Å². The van der Waals surface area contributed by atoms with Crippen LogP contribution in [-0.4, -0.2) is 316 Å². The highest BCUT2D eigenvalue weighted by atomic mass is 16.2. The van der Waals surface area contributed by atoms with Gasteiger partial charge in [-0.3, -0.25) is 57.5 Å². The molecule has 101 heavy (non-hydrogen) atoms. The Bertz CT molecular complexity index is 2170. The monoisotopic (exact) mass is 1440 g/mol. The quantitative estimate of drug-likeness (QED) is 0.0253. The highest BCUT2D eigenvalue weighted by molar-refractivity contribution is 5.81. The van der Waals surface area contributed by atoms with Gasteiger partial charge in [0.2, 0.25) is 47.3 Å². The van der Waals surface area contributed by atoms with Crippen molar-refractivity contribution in [3.8, 4) is 0 Å². The Morgan fingerprint density at radius 3 is 0.624 bits per heavy atom. The molecule has 0 aliphatic heterocycles. The van der Waals surface area contributed by atoms with Crippen LogP contribution in [0.1, 0.15) is 135 Å². The van der Waals surface area contributed by atoms with Crippen LogP contribution in [-0.2, 0) is 57.5 Å². The van der Waals surface area contributed by atoms with Crippen molar-refractivity contribution in [3.63, 3.8) is 0 Å². The zero-order chi connectivity index (χ0) is 75.5. The number of hydrogen-bond acceptors (Lipinski definition) is 27. The molecule has 582 valence electrons. The second-order valence-electron chi connectivity index (χ2n) is 24.6. The third kappa shape index (κ3) is 60.6. The molecule has 0 saturated carbocycles. The predicted octanol–water partition coefficient (Wildman–Crippen LogP) is -5.43. The third-order valence-corrected chi connectivity index (χ3v) is 16.1. The minimum absolute atomic E-state index is 0.0240. The number of hydrogen-bond donors (Lipinski definition) is 15. The van der Waals surface area contributed by atoms with Crippen LogP contribution < -0.4 is 82.7 Å². The van der Waals surface area contributed by atoms with Gasteiger partial charge in [-0.25, -0.2) is 0 Å². The molecule has 0 aromatic rings.